The fraction of sp³-hybridized carbons (Fsp3) is 0.125. The summed E-state index contributed by atoms with van der Waals surface area (Å²) in [6, 6.07) is 19.3. The lowest BCUT2D eigenvalue weighted by Crippen LogP contribution is -2.06. The topological polar surface area (TPSA) is 33.1 Å². The molecular formula is C24H19Cl2NOS. The van der Waals surface area contributed by atoms with Gasteiger partial charge in [0.25, 0.3) is 0 Å². The maximum atomic E-state index is 11.3. The van der Waals surface area contributed by atoms with E-state index in [1.165, 1.54) is 0 Å². The third-order valence-corrected chi connectivity index (χ3v) is 6.74. The maximum Gasteiger partial charge on any atom is 0.107 e. The minimum absolute atomic E-state index is 0.111. The highest BCUT2D eigenvalue weighted by Crippen LogP contribution is 2.43. The lowest BCUT2D eigenvalue weighted by molar-refractivity contribution is 0.219. The Kier molecular flexibility index (Phi) is 6.02. The molecule has 0 fully saturated rings. The van der Waals surface area contributed by atoms with E-state index >= 15 is 0 Å². The minimum atomic E-state index is -0.773. The summed E-state index contributed by atoms with van der Waals surface area (Å²) in [7, 11) is 0. The molecule has 2 unspecified atom stereocenters. The second-order valence-corrected chi connectivity index (χ2v) is 8.68. The normalized spacial score (nSPS) is 13.2. The molecule has 2 aromatic carbocycles. The molecule has 4 rings (SSSR count). The Balaban J connectivity index is 1.85. The number of hydrogen-bond donors (Lipinski definition) is 1. The van der Waals surface area contributed by atoms with Crippen LogP contribution in [0, 0.1) is 0 Å². The van der Waals surface area contributed by atoms with Gasteiger partial charge >= 0.3 is 0 Å². The molecule has 0 aliphatic carbocycles. The number of aliphatic hydroxyl groups is 1. The Bertz CT molecular complexity index is 1090. The molecular weight excluding hydrogens is 421 g/mol. The Morgan fingerprint density at radius 1 is 0.897 bits per heavy atom. The Morgan fingerprint density at radius 3 is 2.17 bits per heavy atom. The summed E-state index contributed by atoms with van der Waals surface area (Å²) in [5.41, 5.74) is 4.87. The average Bonchev–Trinajstić information content (AvgIpc) is 3.19. The van der Waals surface area contributed by atoms with E-state index in [1.807, 2.05) is 60.7 Å². The maximum absolute atomic E-state index is 11.3. The van der Waals surface area contributed by atoms with Gasteiger partial charge < -0.3 is 5.11 Å². The molecule has 0 aliphatic rings. The van der Waals surface area contributed by atoms with Gasteiger partial charge in [-0.3, -0.25) is 4.98 Å². The third-order valence-electron chi connectivity index (χ3n) is 5.05. The van der Waals surface area contributed by atoms with E-state index in [0.29, 0.717) is 10.0 Å². The van der Waals surface area contributed by atoms with Gasteiger partial charge in [-0.2, -0.15) is 0 Å². The van der Waals surface area contributed by atoms with Crippen molar-refractivity contribution in [2.45, 2.75) is 18.9 Å². The highest BCUT2D eigenvalue weighted by Gasteiger charge is 2.25. The Hall–Kier alpha value is -2.17. The van der Waals surface area contributed by atoms with Crippen LogP contribution >= 0.6 is 34.5 Å². The lowest BCUT2D eigenvalue weighted by atomic mass is 9.89. The second kappa shape index (κ2) is 8.68. The zero-order chi connectivity index (χ0) is 20.4. The summed E-state index contributed by atoms with van der Waals surface area (Å²) in [5, 5.41) is 14.8. The van der Waals surface area contributed by atoms with Gasteiger partial charge in [0.1, 0.15) is 6.10 Å². The predicted octanol–water partition coefficient (Wildman–Crippen LogP) is 7.35. The van der Waals surface area contributed by atoms with E-state index in [0.717, 1.165) is 32.7 Å². The van der Waals surface area contributed by atoms with Gasteiger partial charge in [0.05, 0.1) is 0 Å². The van der Waals surface area contributed by atoms with Gasteiger partial charge in [-0.05, 0) is 52.4 Å². The van der Waals surface area contributed by atoms with Crippen molar-refractivity contribution in [1.82, 2.24) is 4.98 Å². The summed E-state index contributed by atoms with van der Waals surface area (Å²) in [5.74, 6) is 0.111. The zero-order valence-electron chi connectivity index (χ0n) is 15.7. The molecule has 0 spiro atoms. The van der Waals surface area contributed by atoms with Gasteiger partial charge in [-0.1, -0.05) is 60.5 Å². The van der Waals surface area contributed by atoms with Crippen molar-refractivity contribution in [3.05, 3.63) is 110 Å². The van der Waals surface area contributed by atoms with Crippen molar-refractivity contribution in [2.75, 3.05) is 0 Å². The van der Waals surface area contributed by atoms with Crippen LogP contribution in [0.4, 0.5) is 0 Å². The van der Waals surface area contributed by atoms with E-state index in [2.05, 4.69) is 17.3 Å². The van der Waals surface area contributed by atoms with Crippen molar-refractivity contribution in [1.29, 1.82) is 0 Å². The SMILES string of the molecule is CC(c1ccc(Cl)cc1)c1scc(-c2ccc(Cl)cc2)c1C(O)c1cccnc1. The molecule has 0 radical (unpaired) electrons. The zero-order valence-corrected chi connectivity index (χ0v) is 18.0. The first-order valence-corrected chi connectivity index (χ1v) is 10.9. The van der Waals surface area contributed by atoms with E-state index in [9.17, 15) is 5.11 Å². The molecule has 2 atom stereocenters. The summed E-state index contributed by atoms with van der Waals surface area (Å²) < 4.78 is 0. The van der Waals surface area contributed by atoms with Crippen LogP contribution in [0.15, 0.2) is 78.4 Å². The molecule has 4 aromatic rings. The summed E-state index contributed by atoms with van der Waals surface area (Å²) >= 11 is 13.8. The van der Waals surface area contributed by atoms with Gasteiger partial charge in [0.2, 0.25) is 0 Å². The first kappa shape index (κ1) is 20.1. The van der Waals surface area contributed by atoms with E-state index < -0.39 is 6.10 Å². The molecule has 0 bridgehead atoms. The molecule has 2 heterocycles. The standard InChI is InChI=1S/C24H19Cl2NOS/c1-15(16-4-8-19(25)9-5-16)24-22(23(28)18-3-2-12-27-13-18)21(14-29-24)17-6-10-20(26)11-7-17/h2-15,23,28H,1H3. The molecule has 0 amide bonds. The molecule has 29 heavy (non-hydrogen) atoms. The fourth-order valence-electron chi connectivity index (χ4n) is 3.46. The smallest absolute Gasteiger partial charge is 0.107 e. The lowest BCUT2D eigenvalue weighted by Gasteiger charge is -2.19. The van der Waals surface area contributed by atoms with Gasteiger partial charge in [0.15, 0.2) is 0 Å². The van der Waals surface area contributed by atoms with Crippen molar-refractivity contribution >= 4 is 34.5 Å². The predicted molar refractivity (Wildman–Crippen MR) is 122 cm³/mol. The van der Waals surface area contributed by atoms with Gasteiger partial charge in [-0.15, -0.1) is 11.3 Å². The van der Waals surface area contributed by atoms with Crippen LogP contribution in [0.3, 0.4) is 0 Å². The van der Waals surface area contributed by atoms with Crippen LogP contribution in [-0.2, 0) is 0 Å². The molecule has 0 saturated carbocycles. The number of hydrogen-bond acceptors (Lipinski definition) is 3. The van der Waals surface area contributed by atoms with E-state index in [4.69, 9.17) is 23.2 Å². The number of benzene rings is 2. The van der Waals surface area contributed by atoms with E-state index in [1.54, 1.807) is 23.7 Å². The van der Waals surface area contributed by atoms with Crippen LogP contribution in [-0.4, -0.2) is 10.1 Å². The molecule has 0 aliphatic heterocycles. The van der Waals surface area contributed by atoms with Crippen molar-refractivity contribution in [2.24, 2.45) is 0 Å². The number of rotatable bonds is 5. The molecule has 146 valence electrons. The molecule has 1 N–H and O–H groups in total. The molecule has 2 aromatic heterocycles. The largest absolute Gasteiger partial charge is 0.384 e. The molecule has 2 nitrogen and oxygen atoms in total. The summed E-state index contributed by atoms with van der Waals surface area (Å²) in [6.45, 7) is 2.15. The number of nitrogens with zero attached hydrogens (tertiary/aromatic N) is 1. The van der Waals surface area contributed by atoms with Crippen LogP contribution in [0.2, 0.25) is 10.0 Å². The quantitative estimate of drug-likeness (QED) is 0.352. The van der Waals surface area contributed by atoms with Gasteiger partial charge in [-0.25, -0.2) is 0 Å². The number of aliphatic hydroxyl groups excluding tert-OH is 1. The number of pyridine rings is 1. The first-order chi connectivity index (χ1) is 14.0. The van der Waals surface area contributed by atoms with Crippen LogP contribution in [0.5, 0.6) is 0 Å². The van der Waals surface area contributed by atoms with Crippen LogP contribution in [0.25, 0.3) is 11.1 Å². The van der Waals surface area contributed by atoms with Crippen molar-refractivity contribution in [3.63, 3.8) is 0 Å². The van der Waals surface area contributed by atoms with Crippen LogP contribution < -0.4 is 0 Å². The molecule has 5 heteroatoms. The minimum Gasteiger partial charge on any atom is -0.384 e. The fourth-order valence-corrected chi connectivity index (χ4v) is 4.91. The monoisotopic (exact) mass is 439 g/mol. The highest BCUT2D eigenvalue weighted by molar-refractivity contribution is 7.10. The van der Waals surface area contributed by atoms with Crippen molar-refractivity contribution in [3.8, 4) is 11.1 Å². The van der Waals surface area contributed by atoms with Crippen molar-refractivity contribution < 1.29 is 5.11 Å². The number of aromatic nitrogens is 1. The van der Waals surface area contributed by atoms with Gasteiger partial charge in [0, 0.05) is 44.4 Å². The van der Waals surface area contributed by atoms with E-state index in [-0.39, 0.29) is 5.92 Å². The Morgan fingerprint density at radius 2 is 1.55 bits per heavy atom. The summed E-state index contributed by atoms with van der Waals surface area (Å²) in [4.78, 5) is 5.30. The second-order valence-electron chi connectivity index (χ2n) is 6.90. The number of thiophene rings is 1. The Labute approximate surface area is 184 Å². The van der Waals surface area contributed by atoms with Crippen LogP contribution in [0.1, 0.15) is 40.5 Å². The third kappa shape index (κ3) is 4.24. The number of halogens is 2. The average molecular weight is 440 g/mol. The first-order valence-electron chi connectivity index (χ1n) is 9.25. The summed E-state index contributed by atoms with van der Waals surface area (Å²) in [6.07, 6.45) is 2.65. The highest BCUT2D eigenvalue weighted by atomic mass is 35.5. The molecule has 0 saturated heterocycles.